The molecule has 96 valence electrons. The third-order valence-corrected chi connectivity index (χ3v) is 4.31. The molecule has 1 N–H and O–H groups in total. The van der Waals surface area contributed by atoms with Crippen LogP contribution in [0.4, 0.5) is 4.39 Å². The van der Waals surface area contributed by atoms with Gasteiger partial charge in [0.1, 0.15) is 10.8 Å². The minimum Gasteiger partial charge on any atom is -0.304 e. The van der Waals surface area contributed by atoms with Crippen LogP contribution >= 0.6 is 27.3 Å². The maximum Gasteiger partial charge on any atom is 0.124 e. The SMILES string of the molecule is Cc1csc(CNC(C)c2ccc(F)cc2Br)n1. The van der Waals surface area contributed by atoms with E-state index < -0.39 is 0 Å². The Morgan fingerprint density at radius 3 is 2.89 bits per heavy atom. The number of halogens is 2. The molecule has 1 aromatic heterocycles. The Morgan fingerprint density at radius 2 is 2.28 bits per heavy atom. The zero-order valence-corrected chi connectivity index (χ0v) is 12.6. The summed E-state index contributed by atoms with van der Waals surface area (Å²) in [7, 11) is 0. The molecule has 0 spiro atoms. The first-order valence-electron chi connectivity index (χ1n) is 5.65. The molecule has 0 saturated heterocycles. The van der Waals surface area contributed by atoms with Crippen LogP contribution in [-0.2, 0) is 6.54 Å². The summed E-state index contributed by atoms with van der Waals surface area (Å²) in [6.07, 6.45) is 0. The number of benzene rings is 1. The number of hydrogen-bond donors (Lipinski definition) is 1. The van der Waals surface area contributed by atoms with Crippen molar-refractivity contribution in [1.29, 1.82) is 0 Å². The minimum atomic E-state index is -0.228. The van der Waals surface area contributed by atoms with Gasteiger partial charge in [-0.3, -0.25) is 0 Å². The number of aryl methyl sites for hydroxylation is 1. The summed E-state index contributed by atoms with van der Waals surface area (Å²) < 4.78 is 13.8. The molecule has 2 aromatic rings. The van der Waals surface area contributed by atoms with Gasteiger partial charge >= 0.3 is 0 Å². The first-order chi connectivity index (χ1) is 8.56. The van der Waals surface area contributed by atoms with Crippen molar-refractivity contribution in [2.24, 2.45) is 0 Å². The van der Waals surface area contributed by atoms with Crippen molar-refractivity contribution in [3.05, 3.63) is 50.1 Å². The Hall–Kier alpha value is -0.780. The summed E-state index contributed by atoms with van der Waals surface area (Å²) in [6.45, 7) is 4.77. The number of aromatic nitrogens is 1. The van der Waals surface area contributed by atoms with Gasteiger partial charge in [0, 0.05) is 28.1 Å². The van der Waals surface area contributed by atoms with Crippen molar-refractivity contribution >= 4 is 27.3 Å². The number of rotatable bonds is 4. The van der Waals surface area contributed by atoms with Crippen LogP contribution in [0.5, 0.6) is 0 Å². The van der Waals surface area contributed by atoms with Gasteiger partial charge in [0.25, 0.3) is 0 Å². The highest BCUT2D eigenvalue weighted by atomic mass is 79.9. The van der Waals surface area contributed by atoms with Crippen LogP contribution in [0.25, 0.3) is 0 Å². The lowest BCUT2D eigenvalue weighted by Gasteiger charge is -2.15. The van der Waals surface area contributed by atoms with Crippen LogP contribution in [0.1, 0.15) is 29.2 Å². The van der Waals surface area contributed by atoms with E-state index in [1.807, 2.05) is 12.3 Å². The van der Waals surface area contributed by atoms with Gasteiger partial charge in [0.2, 0.25) is 0 Å². The highest BCUT2D eigenvalue weighted by molar-refractivity contribution is 9.10. The van der Waals surface area contributed by atoms with Crippen molar-refractivity contribution in [2.45, 2.75) is 26.4 Å². The molecule has 0 saturated carbocycles. The summed E-state index contributed by atoms with van der Waals surface area (Å²) in [4.78, 5) is 4.40. The van der Waals surface area contributed by atoms with E-state index in [1.54, 1.807) is 17.4 Å². The quantitative estimate of drug-likeness (QED) is 0.909. The molecule has 0 aliphatic carbocycles. The number of hydrogen-bond acceptors (Lipinski definition) is 3. The minimum absolute atomic E-state index is 0.143. The van der Waals surface area contributed by atoms with E-state index in [1.165, 1.54) is 12.1 Å². The molecule has 0 aliphatic heterocycles. The zero-order valence-electron chi connectivity index (χ0n) is 10.2. The second-order valence-corrected chi connectivity index (χ2v) is 5.95. The summed E-state index contributed by atoms with van der Waals surface area (Å²) in [5, 5.41) is 6.49. The standard InChI is InChI=1S/C13H14BrFN2S/c1-8-7-18-13(17-8)6-16-9(2)11-4-3-10(15)5-12(11)14/h3-5,7,9,16H,6H2,1-2H3. The van der Waals surface area contributed by atoms with Gasteiger partial charge in [-0.25, -0.2) is 9.37 Å². The first-order valence-corrected chi connectivity index (χ1v) is 7.33. The number of nitrogens with one attached hydrogen (secondary N) is 1. The lowest BCUT2D eigenvalue weighted by atomic mass is 10.1. The van der Waals surface area contributed by atoms with E-state index >= 15 is 0 Å². The molecule has 5 heteroatoms. The van der Waals surface area contributed by atoms with E-state index in [9.17, 15) is 4.39 Å². The van der Waals surface area contributed by atoms with Crippen LogP contribution in [0.3, 0.4) is 0 Å². The smallest absolute Gasteiger partial charge is 0.124 e. The Kier molecular flexibility index (Phi) is 4.48. The lowest BCUT2D eigenvalue weighted by molar-refractivity contribution is 0.567. The van der Waals surface area contributed by atoms with Gasteiger partial charge in [-0.2, -0.15) is 0 Å². The zero-order chi connectivity index (χ0) is 13.1. The summed E-state index contributed by atoms with van der Waals surface area (Å²) in [5.74, 6) is -0.228. The largest absolute Gasteiger partial charge is 0.304 e. The molecule has 18 heavy (non-hydrogen) atoms. The second-order valence-electron chi connectivity index (χ2n) is 4.15. The molecule has 1 atom stereocenters. The molecule has 0 radical (unpaired) electrons. The van der Waals surface area contributed by atoms with Gasteiger partial charge in [0.05, 0.1) is 0 Å². The second kappa shape index (κ2) is 5.91. The third kappa shape index (κ3) is 3.37. The molecule has 0 amide bonds. The lowest BCUT2D eigenvalue weighted by Crippen LogP contribution is -2.18. The van der Waals surface area contributed by atoms with Crippen molar-refractivity contribution in [1.82, 2.24) is 10.3 Å². The maximum absolute atomic E-state index is 13.0. The highest BCUT2D eigenvalue weighted by Crippen LogP contribution is 2.24. The summed E-state index contributed by atoms with van der Waals surface area (Å²) in [6, 6.07) is 4.90. The number of thiazole rings is 1. The van der Waals surface area contributed by atoms with Gasteiger partial charge in [0.15, 0.2) is 0 Å². The van der Waals surface area contributed by atoms with Gasteiger partial charge in [-0.05, 0) is 31.5 Å². The maximum atomic E-state index is 13.0. The van der Waals surface area contributed by atoms with Crippen molar-refractivity contribution < 1.29 is 4.39 Å². The Morgan fingerprint density at radius 1 is 1.50 bits per heavy atom. The number of nitrogens with zero attached hydrogens (tertiary/aromatic N) is 1. The van der Waals surface area contributed by atoms with Gasteiger partial charge < -0.3 is 5.32 Å². The average molecular weight is 329 g/mol. The predicted octanol–water partition coefficient (Wildman–Crippen LogP) is 4.20. The van der Waals surface area contributed by atoms with E-state index in [4.69, 9.17) is 0 Å². The van der Waals surface area contributed by atoms with E-state index in [0.29, 0.717) is 0 Å². The van der Waals surface area contributed by atoms with E-state index in [-0.39, 0.29) is 11.9 Å². The molecule has 2 nitrogen and oxygen atoms in total. The Balaban J connectivity index is 2.01. The molecule has 1 aromatic carbocycles. The first kappa shape index (κ1) is 13.6. The molecule has 0 fully saturated rings. The molecule has 0 bridgehead atoms. The van der Waals surface area contributed by atoms with Crippen molar-refractivity contribution in [3.63, 3.8) is 0 Å². The Labute approximate surface area is 118 Å². The Bertz CT molecular complexity index is 542. The fraction of sp³-hybridized carbons (Fsp3) is 0.308. The van der Waals surface area contributed by atoms with Gasteiger partial charge in [-0.1, -0.05) is 22.0 Å². The van der Waals surface area contributed by atoms with Crippen LogP contribution in [-0.4, -0.2) is 4.98 Å². The van der Waals surface area contributed by atoms with Crippen LogP contribution < -0.4 is 5.32 Å². The van der Waals surface area contributed by atoms with Crippen LogP contribution in [0.2, 0.25) is 0 Å². The van der Waals surface area contributed by atoms with Crippen LogP contribution in [0.15, 0.2) is 28.1 Å². The normalized spacial score (nSPS) is 12.7. The average Bonchev–Trinajstić information content (AvgIpc) is 2.72. The van der Waals surface area contributed by atoms with E-state index in [2.05, 4.69) is 33.2 Å². The van der Waals surface area contributed by atoms with E-state index in [0.717, 1.165) is 27.3 Å². The van der Waals surface area contributed by atoms with Crippen molar-refractivity contribution in [2.75, 3.05) is 0 Å². The molecular weight excluding hydrogens is 315 g/mol. The summed E-state index contributed by atoms with van der Waals surface area (Å²) in [5.41, 5.74) is 2.09. The van der Waals surface area contributed by atoms with Crippen LogP contribution in [0, 0.1) is 12.7 Å². The molecule has 1 heterocycles. The van der Waals surface area contributed by atoms with Gasteiger partial charge in [-0.15, -0.1) is 11.3 Å². The molecule has 2 rings (SSSR count). The fourth-order valence-corrected chi connectivity index (χ4v) is 3.10. The van der Waals surface area contributed by atoms with Crippen molar-refractivity contribution in [3.8, 4) is 0 Å². The fourth-order valence-electron chi connectivity index (χ4n) is 1.69. The third-order valence-electron chi connectivity index (χ3n) is 2.66. The monoisotopic (exact) mass is 328 g/mol. The molecule has 0 aliphatic rings. The summed E-state index contributed by atoms with van der Waals surface area (Å²) >= 11 is 5.03. The topological polar surface area (TPSA) is 24.9 Å². The molecular formula is C13H14BrFN2S. The molecule has 1 unspecified atom stereocenters. The predicted molar refractivity (Wildman–Crippen MR) is 76.2 cm³/mol. The highest BCUT2D eigenvalue weighted by Gasteiger charge is 2.10.